The normalized spacial score (nSPS) is 17.5. The second-order valence-electron chi connectivity index (χ2n) is 5.19. The fraction of sp³-hybridized carbons (Fsp3) is 0.312. The quantitative estimate of drug-likeness (QED) is 0.905. The Morgan fingerprint density at radius 1 is 1.38 bits per heavy atom. The summed E-state index contributed by atoms with van der Waals surface area (Å²) >= 11 is 1.34. The number of carboxylic acids is 1. The standard InChI is InChI=1S/C16H16N2O5S/c1-22-11-4-2-10(3-5-11)14-17-12(9-24-14)15(19)18-6-7-23-8-13(18)16(20)21/h2-5,9,13H,6-8H2,1H3,(H,20,21)/t13-/m0/s1. The van der Waals surface area contributed by atoms with E-state index in [9.17, 15) is 14.7 Å². The Balaban J connectivity index is 1.81. The Morgan fingerprint density at radius 3 is 2.79 bits per heavy atom. The summed E-state index contributed by atoms with van der Waals surface area (Å²) in [5.41, 5.74) is 1.12. The minimum absolute atomic E-state index is 0.00343. The van der Waals surface area contributed by atoms with Crippen LogP contribution in [-0.4, -0.2) is 59.8 Å². The zero-order chi connectivity index (χ0) is 17.1. The molecule has 0 bridgehead atoms. The van der Waals surface area contributed by atoms with Gasteiger partial charge < -0.3 is 19.5 Å². The SMILES string of the molecule is COc1ccc(-c2nc(C(=O)N3CCOC[C@H]3C(=O)O)cs2)cc1. The second-order valence-corrected chi connectivity index (χ2v) is 6.05. The predicted octanol–water partition coefficient (Wildman–Crippen LogP) is 1.74. The Bertz CT molecular complexity index is 743. The molecule has 1 aromatic heterocycles. The number of carbonyl (C=O) groups is 2. The maximum absolute atomic E-state index is 12.6. The fourth-order valence-electron chi connectivity index (χ4n) is 2.44. The summed E-state index contributed by atoms with van der Waals surface area (Å²) < 4.78 is 10.3. The van der Waals surface area contributed by atoms with Crippen LogP contribution >= 0.6 is 11.3 Å². The van der Waals surface area contributed by atoms with Gasteiger partial charge in [0.1, 0.15) is 16.5 Å². The molecule has 1 aliphatic heterocycles. The molecule has 24 heavy (non-hydrogen) atoms. The average Bonchev–Trinajstić information content (AvgIpc) is 3.11. The van der Waals surface area contributed by atoms with Crippen molar-refractivity contribution in [3.63, 3.8) is 0 Å². The summed E-state index contributed by atoms with van der Waals surface area (Å²) in [4.78, 5) is 29.5. The molecule has 1 atom stereocenters. The average molecular weight is 348 g/mol. The number of aliphatic carboxylic acids is 1. The maximum Gasteiger partial charge on any atom is 0.328 e. The molecule has 0 saturated carbocycles. The minimum Gasteiger partial charge on any atom is -0.497 e. The van der Waals surface area contributed by atoms with E-state index in [4.69, 9.17) is 9.47 Å². The number of benzene rings is 1. The van der Waals surface area contributed by atoms with E-state index in [0.717, 1.165) is 11.3 Å². The lowest BCUT2D eigenvalue weighted by atomic mass is 10.2. The molecule has 3 rings (SSSR count). The van der Waals surface area contributed by atoms with Crippen LogP contribution < -0.4 is 4.74 Å². The number of methoxy groups -OCH3 is 1. The number of aromatic nitrogens is 1. The van der Waals surface area contributed by atoms with E-state index in [2.05, 4.69) is 4.98 Å². The van der Waals surface area contributed by atoms with Gasteiger partial charge in [-0.1, -0.05) is 0 Å². The monoisotopic (exact) mass is 348 g/mol. The largest absolute Gasteiger partial charge is 0.497 e. The van der Waals surface area contributed by atoms with Gasteiger partial charge in [0.25, 0.3) is 5.91 Å². The molecule has 2 aromatic rings. The van der Waals surface area contributed by atoms with Crippen LogP contribution in [0, 0.1) is 0 Å². The van der Waals surface area contributed by atoms with Crippen LogP contribution in [0.5, 0.6) is 5.75 Å². The number of rotatable bonds is 4. The van der Waals surface area contributed by atoms with Crippen molar-refractivity contribution >= 4 is 23.2 Å². The summed E-state index contributed by atoms with van der Waals surface area (Å²) in [6.45, 7) is 0.562. The number of hydrogen-bond acceptors (Lipinski definition) is 6. The van der Waals surface area contributed by atoms with Crippen LogP contribution in [-0.2, 0) is 9.53 Å². The van der Waals surface area contributed by atoms with Gasteiger partial charge >= 0.3 is 5.97 Å². The van der Waals surface area contributed by atoms with Gasteiger partial charge in [0.2, 0.25) is 0 Å². The third-order valence-corrected chi connectivity index (χ3v) is 4.63. The summed E-state index contributed by atoms with van der Waals surface area (Å²) in [7, 11) is 1.59. The van der Waals surface area contributed by atoms with E-state index in [-0.39, 0.29) is 24.8 Å². The molecule has 7 nitrogen and oxygen atoms in total. The van der Waals surface area contributed by atoms with E-state index >= 15 is 0 Å². The smallest absolute Gasteiger partial charge is 0.328 e. The number of hydrogen-bond donors (Lipinski definition) is 1. The van der Waals surface area contributed by atoms with E-state index in [1.807, 2.05) is 24.3 Å². The highest BCUT2D eigenvalue weighted by Crippen LogP contribution is 2.26. The lowest BCUT2D eigenvalue weighted by molar-refractivity contribution is -0.147. The van der Waals surface area contributed by atoms with Gasteiger partial charge in [0, 0.05) is 17.5 Å². The molecule has 8 heteroatoms. The highest BCUT2D eigenvalue weighted by Gasteiger charge is 2.34. The van der Waals surface area contributed by atoms with Gasteiger partial charge in [0.05, 0.1) is 20.3 Å². The molecule has 0 aliphatic carbocycles. The van der Waals surface area contributed by atoms with Crippen LogP contribution in [0.3, 0.4) is 0 Å². The highest BCUT2D eigenvalue weighted by atomic mass is 32.1. The van der Waals surface area contributed by atoms with Crippen molar-refractivity contribution in [1.82, 2.24) is 9.88 Å². The number of morpholine rings is 1. The first-order valence-electron chi connectivity index (χ1n) is 7.31. The van der Waals surface area contributed by atoms with Crippen LogP contribution in [0.2, 0.25) is 0 Å². The molecule has 1 amide bonds. The Kier molecular flexibility index (Phi) is 4.77. The van der Waals surface area contributed by atoms with Crippen molar-refractivity contribution in [2.75, 3.05) is 26.9 Å². The molecule has 0 spiro atoms. The summed E-state index contributed by atoms with van der Waals surface area (Å²) in [5, 5.41) is 11.6. The second kappa shape index (κ2) is 6.98. The van der Waals surface area contributed by atoms with Crippen molar-refractivity contribution in [2.24, 2.45) is 0 Å². The Labute approximate surface area is 142 Å². The molecular weight excluding hydrogens is 332 g/mol. The molecule has 0 unspecified atom stereocenters. The van der Waals surface area contributed by atoms with Crippen molar-refractivity contribution in [3.8, 4) is 16.3 Å². The zero-order valence-corrected chi connectivity index (χ0v) is 13.8. The molecule has 1 N–H and O–H groups in total. The van der Waals surface area contributed by atoms with Crippen LogP contribution in [0.25, 0.3) is 10.6 Å². The predicted molar refractivity (Wildman–Crippen MR) is 87.4 cm³/mol. The van der Waals surface area contributed by atoms with E-state index in [1.54, 1.807) is 12.5 Å². The van der Waals surface area contributed by atoms with Gasteiger partial charge in [-0.2, -0.15) is 0 Å². The van der Waals surface area contributed by atoms with Gasteiger partial charge in [0.15, 0.2) is 6.04 Å². The van der Waals surface area contributed by atoms with Crippen molar-refractivity contribution < 1.29 is 24.2 Å². The topological polar surface area (TPSA) is 89.0 Å². The Hall–Kier alpha value is -2.45. The van der Waals surface area contributed by atoms with Gasteiger partial charge in [-0.25, -0.2) is 9.78 Å². The lowest BCUT2D eigenvalue weighted by Crippen LogP contribution is -2.52. The summed E-state index contributed by atoms with van der Waals surface area (Å²) in [5.74, 6) is -0.723. The summed E-state index contributed by atoms with van der Waals surface area (Å²) in [6, 6.07) is 6.39. The number of ether oxygens (including phenoxy) is 2. The number of amides is 1. The molecule has 2 heterocycles. The molecule has 1 aliphatic rings. The van der Waals surface area contributed by atoms with Gasteiger partial charge in [-0.05, 0) is 24.3 Å². The highest BCUT2D eigenvalue weighted by molar-refractivity contribution is 7.13. The Morgan fingerprint density at radius 2 is 2.12 bits per heavy atom. The van der Waals surface area contributed by atoms with E-state index < -0.39 is 12.0 Å². The summed E-state index contributed by atoms with van der Waals surface area (Å²) in [6.07, 6.45) is 0. The van der Waals surface area contributed by atoms with E-state index in [1.165, 1.54) is 16.2 Å². The van der Waals surface area contributed by atoms with Crippen molar-refractivity contribution in [1.29, 1.82) is 0 Å². The zero-order valence-electron chi connectivity index (χ0n) is 13.0. The molecule has 1 saturated heterocycles. The number of nitrogens with zero attached hydrogens (tertiary/aromatic N) is 2. The molecule has 1 aromatic carbocycles. The number of carbonyl (C=O) groups excluding carboxylic acids is 1. The lowest BCUT2D eigenvalue weighted by Gasteiger charge is -2.32. The van der Waals surface area contributed by atoms with Gasteiger partial charge in [-0.3, -0.25) is 4.79 Å². The molecule has 0 radical (unpaired) electrons. The van der Waals surface area contributed by atoms with Crippen LogP contribution in [0.4, 0.5) is 0 Å². The number of thiazole rings is 1. The molecule has 126 valence electrons. The van der Waals surface area contributed by atoms with Crippen molar-refractivity contribution in [2.45, 2.75) is 6.04 Å². The third kappa shape index (κ3) is 3.24. The first kappa shape index (κ1) is 16.4. The first-order chi connectivity index (χ1) is 11.6. The number of carboxylic acid groups (broad SMARTS) is 1. The molecular formula is C16H16N2O5S. The fourth-order valence-corrected chi connectivity index (χ4v) is 3.24. The van der Waals surface area contributed by atoms with Crippen molar-refractivity contribution in [3.05, 3.63) is 35.3 Å². The maximum atomic E-state index is 12.6. The minimum atomic E-state index is -1.08. The first-order valence-corrected chi connectivity index (χ1v) is 8.19. The van der Waals surface area contributed by atoms with E-state index in [0.29, 0.717) is 11.6 Å². The van der Waals surface area contributed by atoms with Crippen LogP contribution in [0.15, 0.2) is 29.6 Å². The molecule has 1 fully saturated rings. The van der Waals surface area contributed by atoms with Gasteiger partial charge in [-0.15, -0.1) is 11.3 Å². The van der Waals surface area contributed by atoms with Crippen LogP contribution in [0.1, 0.15) is 10.5 Å². The third-order valence-electron chi connectivity index (χ3n) is 3.73.